The molecule has 0 spiro atoms. The first-order valence-corrected chi connectivity index (χ1v) is 13.0. The van der Waals surface area contributed by atoms with E-state index in [1.165, 1.54) is 17.8 Å². The summed E-state index contributed by atoms with van der Waals surface area (Å²) in [4.78, 5) is 16.8. The largest absolute Gasteiger partial charge is 0.351 e. The number of rotatable bonds is 9. The summed E-state index contributed by atoms with van der Waals surface area (Å²) in [7, 11) is -3.75. The molecule has 3 aromatic rings. The summed E-state index contributed by atoms with van der Waals surface area (Å²) in [5, 5.41) is 1.80. The lowest BCUT2D eigenvalue weighted by molar-refractivity contribution is -0.116. The van der Waals surface area contributed by atoms with E-state index < -0.39 is 15.1 Å². The highest BCUT2D eigenvalue weighted by Crippen LogP contribution is 2.29. The average Bonchev–Trinajstić information content (AvgIpc) is 2.83. The summed E-state index contributed by atoms with van der Waals surface area (Å²) < 4.78 is 27.0. The lowest BCUT2D eigenvalue weighted by Gasteiger charge is -2.19. The Kier molecular flexibility index (Phi) is 8.40. The number of pyridine rings is 1. The van der Waals surface area contributed by atoms with Crippen LogP contribution in [0.5, 0.6) is 0 Å². The van der Waals surface area contributed by atoms with Crippen molar-refractivity contribution in [3.05, 3.63) is 101 Å². The van der Waals surface area contributed by atoms with E-state index >= 15 is 0 Å². The van der Waals surface area contributed by atoms with Crippen LogP contribution >= 0.6 is 0 Å². The number of benzene rings is 2. The monoisotopic (exact) mass is 476 g/mol. The molecule has 0 bridgehead atoms. The molecule has 0 fully saturated rings. The molecule has 0 radical (unpaired) electrons. The molecule has 178 valence electrons. The van der Waals surface area contributed by atoms with Crippen LogP contribution in [0.4, 0.5) is 0 Å². The summed E-state index contributed by atoms with van der Waals surface area (Å²) in [5.41, 5.74) is 3.73. The van der Waals surface area contributed by atoms with Gasteiger partial charge in [-0.3, -0.25) is 9.78 Å². The fourth-order valence-corrected chi connectivity index (χ4v) is 5.24. The Morgan fingerprint density at radius 2 is 1.47 bits per heavy atom. The molecule has 6 heteroatoms. The van der Waals surface area contributed by atoms with Gasteiger partial charge in [-0.05, 0) is 58.4 Å². The number of nitrogens with one attached hydrogen (secondary N) is 1. The molecule has 0 saturated carbocycles. The van der Waals surface area contributed by atoms with Crippen molar-refractivity contribution < 1.29 is 13.2 Å². The Morgan fingerprint density at radius 1 is 0.882 bits per heavy atom. The fourth-order valence-electron chi connectivity index (χ4n) is 3.60. The van der Waals surface area contributed by atoms with Gasteiger partial charge in [-0.2, -0.15) is 0 Å². The molecule has 1 N–H and O–H groups in total. The minimum absolute atomic E-state index is 0.0601. The molecule has 1 aromatic heterocycles. The number of sulfone groups is 1. The SMILES string of the molecule is CC(C)c1ccc(/C=C/C(=O)NCC(c2cccnc2)S(=O)(=O)c2ccc(C(C)C)cc2)cc1. The van der Waals surface area contributed by atoms with E-state index in [9.17, 15) is 13.2 Å². The quantitative estimate of drug-likeness (QED) is 0.404. The van der Waals surface area contributed by atoms with E-state index in [4.69, 9.17) is 0 Å². The number of hydrogen-bond acceptors (Lipinski definition) is 4. The molecule has 2 aromatic carbocycles. The van der Waals surface area contributed by atoms with Crippen LogP contribution in [0.1, 0.15) is 67.0 Å². The molecule has 0 aliphatic rings. The number of hydrogen-bond donors (Lipinski definition) is 1. The van der Waals surface area contributed by atoms with Crippen molar-refractivity contribution in [1.29, 1.82) is 0 Å². The second-order valence-electron chi connectivity index (χ2n) is 8.94. The topological polar surface area (TPSA) is 76.1 Å². The highest BCUT2D eigenvalue weighted by Gasteiger charge is 2.29. The van der Waals surface area contributed by atoms with Crippen molar-refractivity contribution in [1.82, 2.24) is 10.3 Å². The van der Waals surface area contributed by atoms with E-state index in [1.54, 1.807) is 36.5 Å². The highest BCUT2D eigenvalue weighted by molar-refractivity contribution is 7.91. The standard InChI is InChI=1S/C28H32N2O3S/c1-20(2)23-10-7-22(8-11-23)9-16-28(31)30-19-27(25-6-5-17-29-18-25)34(32,33)26-14-12-24(13-15-26)21(3)4/h5-18,20-21,27H,19H2,1-4H3,(H,30,31)/b16-9+. The maximum atomic E-state index is 13.5. The van der Waals surface area contributed by atoms with Crippen LogP contribution in [0, 0.1) is 0 Å². The molecule has 1 heterocycles. The van der Waals surface area contributed by atoms with Gasteiger partial charge < -0.3 is 5.32 Å². The van der Waals surface area contributed by atoms with Crippen molar-refractivity contribution in [3.63, 3.8) is 0 Å². The molecule has 1 unspecified atom stereocenters. The number of carbonyl (C=O) groups excluding carboxylic acids is 1. The van der Waals surface area contributed by atoms with E-state index in [-0.39, 0.29) is 17.3 Å². The molecular formula is C28H32N2O3S. The fraction of sp³-hybridized carbons (Fsp3) is 0.286. The molecule has 34 heavy (non-hydrogen) atoms. The predicted octanol–water partition coefficient (Wildman–Crippen LogP) is 5.67. The minimum Gasteiger partial charge on any atom is -0.351 e. The van der Waals surface area contributed by atoms with Crippen LogP contribution < -0.4 is 5.32 Å². The third-order valence-corrected chi connectivity index (χ3v) is 7.92. The zero-order valence-electron chi connectivity index (χ0n) is 20.1. The average molecular weight is 477 g/mol. The van der Waals surface area contributed by atoms with Gasteiger partial charge in [0.2, 0.25) is 5.91 Å². The van der Waals surface area contributed by atoms with E-state index in [1.807, 2.05) is 36.4 Å². The first-order chi connectivity index (χ1) is 16.2. The van der Waals surface area contributed by atoms with Crippen molar-refractivity contribution in [2.24, 2.45) is 0 Å². The van der Waals surface area contributed by atoms with Crippen LogP contribution in [-0.2, 0) is 14.6 Å². The zero-order chi connectivity index (χ0) is 24.7. The van der Waals surface area contributed by atoms with Gasteiger partial charge in [-0.1, -0.05) is 70.2 Å². The Morgan fingerprint density at radius 3 is 2.00 bits per heavy atom. The predicted molar refractivity (Wildman–Crippen MR) is 137 cm³/mol. The first-order valence-electron chi connectivity index (χ1n) is 11.5. The molecular weight excluding hydrogens is 444 g/mol. The van der Waals surface area contributed by atoms with E-state index in [0.29, 0.717) is 17.4 Å². The number of amides is 1. The van der Waals surface area contributed by atoms with Crippen LogP contribution in [0.15, 0.2) is 84.0 Å². The Balaban J connectivity index is 1.77. The van der Waals surface area contributed by atoms with Gasteiger partial charge in [0.1, 0.15) is 5.25 Å². The Labute approximate surface area is 202 Å². The number of nitrogens with zero attached hydrogens (tertiary/aromatic N) is 1. The highest BCUT2D eigenvalue weighted by atomic mass is 32.2. The van der Waals surface area contributed by atoms with Gasteiger partial charge in [-0.15, -0.1) is 0 Å². The molecule has 0 saturated heterocycles. The van der Waals surface area contributed by atoms with Gasteiger partial charge in [0.05, 0.1) is 4.90 Å². The van der Waals surface area contributed by atoms with E-state index in [2.05, 4.69) is 38.0 Å². The van der Waals surface area contributed by atoms with Gasteiger partial charge in [0, 0.05) is 25.0 Å². The maximum absolute atomic E-state index is 13.5. The van der Waals surface area contributed by atoms with Crippen LogP contribution in [-0.4, -0.2) is 25.9 Å². The molecule has 3 rings (SSSR count). The van der Waals surface area contributed by atoms with Crippen molar-refractivity contribution >= 4 is 21.8 Å². The summed E-state index contributed by atoms with van der Waals surface area (Å²) in [5.74, 6) is 0.389. The second-order valence-corrected chi connectivity index (χ2v) is 11.1. The lowest BCUT2D eigenvalue weighted by Crippen LogP contribution is -2.31. The maximum Gasteiger partial charge on any atom is 0.244 e. The summed E-state index contributed by atoms with van der Waals surface area (Å²) in [6.07, 6.45) is 6.27. The first kappa shape index (κ1) is 25.4. The number of carbonyl (C=O) groups is 1. The Bertz CT molecular complexity index is 1210. The van der Waals surface area contributed by atoms with Gasteiger partial charge in [0.25, 0.3) is 0 Å². The molecule has 0 aliphatic carbocycles. The zero-order valence-corrected chi connectivity index (χ0v) is 20.9. The minimum atomic E-state index is -3.75. The van der Waals surface area contributed by atoms with Gasteiger partial charge >= 0.3 is 0 Å². The molecule has 0 aliphatic heterocycles. The molecule has 1 amide bonds. The van der Waals surface area contributed by atoms with Crippen molar-refractivity contribution in [2.75, 3.05) is 6.54 Å². The van der Waals surface area contributed by atoms with Crippen LogP contribution in [0.2, 0.25) is 0 Å². The summed E-state index contributed by atoms with van der Waals surface area (Å²) in [6, 6.07) is 18.4. The smallest absolute Gasteiger partial charge is 0.244 e. The van der Waals surface area contributed by atoms with Crippen molar-refractivity contribution in [2.45, 2.75) is 49.7 Å². The normalized spacial score (nSPS) is 12.9. The molecule has 5 nitrogen and oxygen atoms in total. The summed E-state index contributed by atoms with van der Waals surface area (Å²) >= 11 is 0. The van der Waals surface area contributed by atoms with Gasteiger partial charge in [-0.25, -0.2) is 8.42 Å². The Hall–Kier alpha value is -3.25. The number of aromatic nitrogens is 1. The molecule has 1 atom stereocenters. The third-order valence-electron chi connectivity index (χ3n) is 5.80. The van der Waals surface area contributed by atoms with Crippen LogP contribution in [0.25, 0.3) is 6.08 Å². The van der Waals surface area contributed by atoms with Gasteiger partial charge in [0.15, 0.2) is 9.84 Å². The second kappa shape index (κ2) is 11.3. The lowest BCUT2D eigenvalue weighted by atomic mass is 10.0. The van der Waals surface area contributed by atoms with Crippen LogP contribution in [0.3, 0.4) is 0 Å². The van der Waals surface area contributed by atoms with E-state index in [0.717, 1.165) is 11.1 Å². The summed E-state index contributed by atoms with van der Waals surface area (Å²) in [6.45, 7) is 8.32. The van der Waals surface area contributed by atoms with Crippen molar-refractivity contribution in [3.8, 4) is 0 Å². The third kappa shape index (κ3) is 6.41.